The van der Waals surface area contributed by atoms with Gasteiger partial charge >= 0.3 is 0 Å². The SMILES string of the molecule is Cc1ccc(C)c(C(=O)CSc2nnc(C3CC3)n2C2CC2)c1. The molecule has 2 fully saturated rings. The zero-order chi connectivity index (χ0) is 16.0. The lowest BCUT2D eigenvalue weighted by Gasteiger charge is -2.09. The first kappa shape index (κ1) is 14.9. The zero-order valence-electron chi connectivity index (χ0n) is 13.6. The van der Waals surface area contributed by atoms with Gasteiger partial charge in [-0.05, 0) is 51.2 Å². The molecule has 1 aromatic heterocycles. The third-order valence-electron chi connectivity index (χ3n) is 4.57. The Morgan fingerprint density at radius 3 is 2.70 bits per heavy atom. The predicted molar refractivity (Wildman–Crippen MR) is 91.2 cm³/mol. The van der Waals surface area contributed by atoms with Crippen LogP contribution in [0.3, 0.4) is 0 Å². The molecule has 0 N–H and O–H groups in total. The highest BCUT2D eigenvalue weighted by molar-refractivity contribution is 7.99. The van der Waals surface area contributed by atoms with Gasteiger partial charge in [0.1, 0.15) is 5.82 Å². The molecule has 0 bridgehead atoms. The lowest BCUT2D eigenvalue weighted by atomic mass is 10.0. The Hall–Kier alpha value is -1.62. The minimum absolute atomic E-state index is 0.175. The molecular weight excluding hydrogens is 306 g/mol. The summed E-state index contributed by atoms with van der Waals surface area (Å²) in [7, 11) is 0. The van der Waals surface area contributed by atoms with Crippen LogP contribution in [0.25, 0.3) is 0 Å². The van der Waals surface area contributed by atoms with Crippen LogP contribution in [0.2, 0.25) is 0 Å². The van der Waals surface area contributed by atoms with Crippen LogP contribution in [-0.2, 0) is 0 Å². The van der Waals surface area contributed by atoms with E-state index in [1.807, 2.05) is 32.0 Å². The average Bonchev–Trinajstić information content (AvgIpc) is 3.46. The van der Waals surface area contributed by atoms with Crippen molar-refractivity contribution in [3.63, 3.8) is 0 Å². The van der Waals surface area contributed by atoms with Crippen LogP contribution in [0.15, 0.2) is 23.4 Å². The summed E-state index contributed by atoms with van der Waals surface area (Å²) in [6.07, 6.45) is 4.90. The maximum Gasteiger partial charge on any atom is 0.191 e. The molecule has 120 valence electrons. The monoisotopic (exact) mass is 327 g/mol. The minimum Gasteiger partial charge on any atom is -0.303 e. The van der Waals surface area contributed by atoms with Crippen LogP contribution in [0, 0.1) is 13.8 Å². The minimum atomic E-state index is 0.175. The van der Waals surface area contributed by atoms with Crippen LogP contribution < -0.4 is 0 Å². The molecule has 4 rings (SSSR count). The molecule has 2 aliphatic carbocycles. The van der Waals surface area contributed by atoms with Crippen molar-refractivity contribution in [3.05, 3.63) is 40.7 Å². The summed E-state index contributed by atoms with van der Waals surface area (Å²) in [5, 5.41) is 9.69. The van der Waals surface area contributed by atoms with Gasteiger partial charge in [0.05, 0.1) is 5.75 Å². The van der Waals surface area contributed by atoms with Crippen LogP contribution in [0.4, 0.5) is 0 Å². The Morgan fingerprint density at radius 2 is 2.00 bits per heavy atom. The molecule has 0 atom stereocenters. The van der Waals surface area contributed by atoms with Gasteiger partial charge in [-0.2, -0.15) is 0 Å². The predicted octanol–water partition coefficient (Wildman–Crippen LogP) is 4.08. The van der Waals surface area contributed by atoms with Crippen molar-refractivity contribution >= 4 is 17.5 Å². The molecule has 2 aliphatic rings. The quantitative estimate of drug-likeness (QED) is 0.592. The third kappa shape index (κ3) is 3.07. The van der Waals surface area contributed by atoms with Gasteiger partial charge in [0.25, 0.3) is 0 Å². The van der Waals surface area contributed by atoms with E-state index in [2.05, 4.69) is 14.8 Å². The fourth-order valence-corrected chi connectivity index (χ4v) is 3.82. The van der Waals surface area contributed by atoms with Crippen molar-refractivity contribution in [2.75, 3.05) is 5.75 Å². The van der Waals surface area contributed by atoms with E-state index >= 15 is 0 Å². The van der Waals surface area contributed by atoms with E-state index in [4.69, 9.17) is 0 Å². The number of rotatable bonds is 6. The molecule has 0 radical (unpaired) electrons. The maximum atomic E-state index is 12.6. The number of aromatic nitrogens is 3. The van der Waals surface area contributed by atoms with Crippen molar-refractivity contribution in [1.82, 2.24) is 14.8 Å². The largest absolute Gasteiger partial charge is 0.303 e. The van der Waals surface area contributed by atoms with Gasteiger partial charge in [0, 0.05) is 17.5 Å². The molecular formula is C18H21N3OS. The van der Waals surface area contributed by atoms with E-state index in [-0.39, 0.29) is 5.78 Å². The summed E-state index contributed by atoms with van der Waals surface area (Å²) in [6.45, 7) is 4.02. The second kappa shape index (κ2) is 5.78. The first-order chi connectivity index (χ1) is 11.1. The summed E-state index contributed by atoms with van der Waals surface area (Å²) in [6, 6.07) is 6.62. The van der Waals surface area contributed by atoms with Gasteiger partial charge in [0.2, 0.25) is 0 Å². The first-order valence-corrected chi connectivity index (χ1v) is 9.30. The van der Waals surface area contributed by atoms with Gasteiger partial charge in [-0.3, -0.25) is 4.79 Å². The number of carbonyl (C=O) groups is 1. The van der Waals surface area contributed by atoms with E-state index in [1.54, 1.807) is 0 Å². The molecule has 1 aromatic carbocycles. The molecule has 1 heterocycles. The number of thioether (sulfide) groups is 1. The first-order valence-electron chi connectivity index (χ1n) is 8.31. The smallest absolute Gasteiger partial charge is 0.191 e. The van der Waals surface area contributed by atoms with Crippen molar-refractivity contribution in [1.29, 1.82) is 0 Å². The molecule has 0 amide bonds. The summed E-state index contributed by atoms with van der Waals surface area (Å²) in [4.78, 5) is 12.6. The Morgan fingerprint density at radius 1 is 1.22 bits per heavy atom. The Kier molecular flexibility index (Phi) is 3.76. The maximum absolute atomic E-state index is 12.6. The average molecular weight is 327 g/mol. The van der Waals surface area contributed by atoms with Crippen LogP contribution in [0.1, 0.15) is 65.0 Å². The van der Waals surface area contributed by atoms with Crippen LogP contribution in [0.5, 0.6) is 0 Å². The van der Waals surface area contributed by atoms with E-state index in [0.717, 1.165) is 27.7 Å². The lowest BCUT2D eigenvalue weighted by Crippen LogP contribution is -2.07. The van der Waals surface area contributed by atoms with E-state index < -0.39 is 0 Å². The highest BCUT2D eigenvalue weighted by atomic mass is 32.2. The Balaban J connectivity index is 1.51. The van der Waals surface area contributed by atoms with E-state index in [9.17, 15) is 4.79 Å². The normalized spacial score (nSPS) is 17.5. The molecule has 23 heavy (non-hydrogen) atoms. The Labute approximate surface area is 140 Å². The van der Waals surface area contributed by atoms with Gasteiger partial charge in [-0.25, -0.2) is 0 Å². The van der Waals surface area contributed by atoms with Gasteiger partial charge in [-0.1, -0.05) is 29.5 Å². The molecule has 2 aromatic rings. The number of aryl methyl sites for hydroxylation is 2. The van der Waals surface area contributed by atoms with Crippen molar-refractivity contribution in [2.45, 2.75) is 56.6 Å². The fraction of sp³-hybridized carbons (Fsp3) is 0.500. The molecule has 0 unspecified atom stereocenters. The highest BCUT2D eigenvalue weighted by Gasteiger charge is 2.36. The van der Waals surface area contributed by atoms with Gasteiger partial charge < -0.3 is 4.57 Å². The fourth-order valence-electron chi connectivity index (χ4n) is 2.93. The summed E-state index contributed by atoms with van der Waals surface area (Å²) in [5.74, 6) is 2.36. The van der Waals surface area contributed by atoms with Gasteiger partial charge in [-0.15, -0.1) is 10.2 Å². The number of Topliss-reactive ketones (excluding diaryl/α,β-unsaturated/α-hetero) is 1. The molecule has 0 saturated heterocycles. The number of hydrogen-bond donors (Lipinski definition) is 0. The molecule has 5 heteroatoms. The standard InChI is InChI=1S/C18H21N3OS/c1-11-3-4-12(2)15(9-11)16(22)10-23-18-20-19-17(13-5-6-13)21(18)14-7-8-14/h3-4,9,13-14H,5-8,10H2,1-2H3. The number of carbonyl (C=O) groups excluding carboxylic acids is 1. The van der Waals surface area contributed by atoms with Crippen molar-refractivity contribution < 1.29 is 4.79 Å². The Bertz CT molecular complexity index is 760. The molecule has 2 saturated carbocycles. The molecule has 0 aliphatic heterocycles. The summed E-state index contributed by atoms with van der Waals surface area (Å²) < 4.78 is 2.30. The number of nitrogens with zero attached hydrogens (tertiary/aromatic N) is 3. The number of ketones is 1. The second-order valence-corrected chi connectivity index (χ2v) is 7.69. The highest BCUT2D eigenvalue weighted by Crippen LogP contribution is 2.46. The summed E-state index contributed by atoms with van der Waals surface area (Å²) in [5.41, 5.74) is 3.00. The molecule has 0 spiro atoms. The third-order valence-corrected chi connectivity index (χ3v) is 5.51. The number of hydrogen-bond acceptors (Lipinski definition) is 4. The summed E-state index contributed by atoms with van der Waals surface area (Å²) >= 11 is 1.54. The zero-order valence-corrected chi connectivity index (χ0v) is 14.4. The van der Waals surface area contributed by atoms with Crippen LogP contribution in [-0.4, -0.2) is 26.3 Å². The second-order valence-electron chi connectivity index (χ2n) is 6.75. The van der Waals surface area contributed by atoms with Crippen molar-refractivity contribution in [3.8, 4) is 0 Å². The van der Waals surface area contributed by atoms with Crippen LogP contribution >= 0.6 is 11.8 Å². The topological polar surface area (TPSA) is 47.8 Å². The van der Waals surface area contributed by atoms with E-state index in [0.29, 0.717) is 17.7 Å². The molecule has 4 nitrogen and oxygen atoms in total. The van der Waals surface area contributed by atoms with Crippen molar-refractivity contribution in [2.24, 2.45) is 0 Å². The lowest BCUT2D eigenvalue weighted by molar-refractivity contribution is 0.102. The van der Waals surface area contributed by atoms with Gasteiger partial charge in [0.15, 0.2) is 10.9 Å². The number of benzene rings is 1. The van der Waals surface area contributed by atoms with E-state index in [1.165, 1.54) is 37.4 Å².